The van der Waals surface area contributed by atoms with E-state index in [1.54, 1.807) is 34.9 Å². The summed E-state index contributed by atoms with van der Waals surface area (Å²) in [5, 5.41) is 4.15. The Labute approximate surface area is 213 Å². The van der Waals surface area contributed by atoms with E-state index in [9.17, 15) is 9.18 Å². The summed E-state index contributed by atoms with van der Waals surface area (Å²) in [7, 11) is 0. The predicted octanol–water partition coefficient (Wildman–Crippen LogP) is 6.23. The van der Waals surface area contributed by atoms with Crippen molar-refractivity contribution in [2.24, 2.45) is 0 Å². The van der Waals surface area contributed by atoms with Gasteiger partial charge in [0.15, 0.2) is 0 Å². The Morgan fingerprint density at radius 2 is 1.86 bits per heavy atom. The van der Waals surface area contributed by atoms with Crippen molar-refractivity contribution >= 4 is 29.3 Å². The molecule has 1 N–H and O–H groups in total. The molecule has 1 atom stereocenters. The average Bonchev–Trinajstić information content (AvgIpc) is 3.23. The van der Waals surface area contributed by atoms with E-state index in [-0.39, 0.29) is 23.2 Å². The van der Waals surface area contributed by atoms with Gasteiger partial charge in [0.2, 0.25) is 0 Å². The molecule has 2 heterocycles. The topological polar surface area (TPSA) is 32.3 Å². The third-order valence-corrected chi connectivity index (χ3v) is 8.56. The van der Waals surface area contributed by atoms with Crippen molar-refractivity contribution in [3.63, 3.8) is 0 Å². The number of halogens is 3. The predicted molar refractivity (Wildman–Crippen MR) is 137 cm³/mol. The van der Waals surface area contributed by atoms with Crippen molar-refractivity contribution in [3.8, 4) is 0 Å². The Morgan fingerprint density at radius 3 is 2.66 bits per heavy atom. The maximum atomic E-state index is 15.0. The van der Waals surface area contributed by atoms with Gasteiger partial charge in [-0.2, -0.15) is 0 Å². The number of hydrogen-bond acceptors (Lipinski definition) is 3. The lowest BCUT2D eigenvalue weighted by Crippen LogP contribution is -2.29. The molecule has 1 unspecified atom stereocenters. The fourth-order valence-electron chi connectivity index (χ4n) is 4.97. The maximum Gasteiger partial charge on any atom is 0.256 e. The van der Waals surface area contributed by atoms with Gasteiger partial charge in [-0.25, -0.2) is 8.78 Å². The monoisotopic (exact) mass is 512 g/mol. The van der Waals surface area contributed by atoms with Crippen LogP contribution in [-0.2, 0) is 18.6 Å². The number of hydrogen-bond donors (Lipinski definition) is 1. The minimum atomic E-state index is -0.500. The first kappa shape index (κ1) is 24.3. The molecule has 182 valence electrons. The van der Waals surface area contributed by atoms with Gasteiger partial charge >= 0.3 is 0 Å². The van der Waals surface area contributed by atoms with Crippen LogP contribution >= 0.6 is 23.4 Å². The zero-order valence-electron chi connectivity index (χ0n) is 19.3. The molecule has 2 aliphatic rings. The van der Waals surface area contributed by atoms with Crippen LogP contribution in [0.1, 0.15) is 45.0 Å². The van der Waals surface area contributed by atoms with Gasteiger partial charge in [0.25, 0.3) is 5.91 Å². The molecule has 3 aromatic rings. The van der Waals surface area contributed by atoms with E-state index in [1.807, 2.05) is 12.1 Å². The fraction of sp³-hybridized carbons (Fsp3) is 0.321. The molecule has 3 aromatic carbocycles. The summed E-state index contributed by atoms with van der Waals surface area (Å²) in [5.74, 6) is -0.359. The van der Waals surface area contributed by atoms with E-state index in [1.165, 1.54) is 29.3 Å². The second kappa shape index (κ2) is 10.7. The zero-order chi connectivity index (χ0) is 24.4. The average molecular weight is 513 g/mol. The molecule has 1 saturated heterocycles. The fourth-order valence-corrected chi connectivity index (χ4v) is 6.41. The van der Waals surface area contributed by atoms with Crippen molar-refractivity contribution < 1.29 is 13.6 Å². The molecule has 3 nitrogen and oxygen atoms in total. The van der Waals surface area contributed by atoms with Gasteiger partial charge in [0, 0.05) is 29.7 Å². The summed E-state index contributed by atoms with van der Waals surface area (Å²) in [6.07, 6.45) is 2.68. The number of carbonyl (C=O) groups excluding carboxylic acids is 1. The first-order chi connectivity index (χ1) is 17.0. The molecule has 2 aliphatic heterocycles. The molecule has 5 rings (SSSR count). The minimum absolute atomic E-state index is 0.0937. The highest BCUT2D eigenvalue weighted by molar-refractivity contribution is 7.98. The number of carbonyl (C=O) groups is 1. The first-order valence-electron chi connectivity index (χ1n) is 12.0. The Morgan fingerprint density at radius 1 is 1.06 bits per heavy atom. The largest absolute Gasteiger partial charge is 0.338 e. The molecule has 0 bridgehead atoms. The molecule has 7 heteroatoms. The van der Waals surface area contributed by atoms with Gasteiger partial charge in [0.05, 0.1) is 10.6 Å². The maximum absolute atomic E-state index is 15.0. The highest BCUT2D eigenvalue weighted by Crippen LogP contribution is 2.36. The number of benzene rings is 3. The van der Waals surface area contributed by atoms with Crippen LogP contribution in [-0.4, -0.2) is 37.0 Å². The third kappa shape index (κ3) is 5.40. The lowest BCUT2D eigenvalue weighted by atomic mass is 9.98. The summed E-state index contributed by atoms with van der Waals surface area (Å²) in [5.41, 5.74) is 4.51. The normalized spacial score (nSPS) is 17.8. The molecule has 1 fully saturated rings. The van der Waals surface area contributed by atoms with Crippen molar-refractivity contribution in [2.45, 2.75) is 35.8 Å². The Bertz CT molecular complexity index is 1230. The van der Waals surface area contributed by atoms with Crippen LogP contribution in [0.5, 0.6) is 0 Å². The van der Waals surface area contributed by atoms with Crippen molar-refractivity contribution in [1.82, 2.24) is 10.2 Å². The Balaban J connectivity index is 1.26. The highest BCUT2D eigenvalue weighted by atomic mass is 35.5. The quantitative estimate of drug-likeness (QED) is 0.411. The Kier molecular flexibility index (Phi) is 7.42. The summed E-state index contributed by atoms with van der Waals surface area (Å²) in [6.45, 7) is 2.95. The van der Waals surface area contributed by atoms with E-state index in [0.29, 0.717) is 18.8 Å². The SMILES string of the molecule is O=C(c1ccc(CSc2c(Cl)ccc3c2CCNCC3)cc1F)N1CCC(c2ccc(F)cc2)C1. The van der Waals surface area contributed by atoms with E-state index in [0.717, 1.165) is 53.4 Å². The summed E-state index contributed by atoms with van der Waals surface area (Å²) >= 11 is 8.15. The highest BCUT2D eigenvalue weighted by Gasteiger charge is 2.29. The van der Waals surface area contributed by atoms with E-state index < -0.39 is 5.82 Å². The van der Waals surface area contributed by atoms with Crippen LogP contribution in [0, 0.1) is 11.6 Å². The van der Waals surface area contributed by atoms with E-state index in [4.69, 9.17) is 11.6 Å². The van der Waals surface area contributed by atoms with Crippen LogP contribution in [0.15, 0.2) is 59.5 Å². The number of amides is 1. The minimum Gasteiger partial charge on any atom is -0.338 e. The van der Waals surface area contributed by atoms with Gasteiger partial charge in [-0.3, -0.25) is 4.79 Å². The number of nitrogens with one attached hydrogen (secondary N) is 1. The van der Waals surface area contributed by atoms with Crippen molar-refractivity contribution in [1.29, 1.82) is 0 Å². The molecular weight excluding hydrogens is 486 g/mol. The van der Waals surface area contributed by atoms with Crippen molar-refractivity contribution in [2.75, 3.05) is 26.2 Å². The molecule has 1 amide bonds. The standard InChI is InChI=1S/C28H27ClF2N2OS/c29-25-8-4-20-9-12-32-13-10-23(20)27(25)35-17-18-1-7-24(26(31)15-18)28(34)33-14-11-21(16-33)19-2-5-22(30)6-3-19/h1-8,15,21,32H,9-14,16-17H2. The molecule has 0 spiro atoms. The van der Waals surface area contributed by atoms with Crippen LogP contribution in [0.25, 0.3) is 0 Å². The van der Waals surface area contributed by atoms with Crippen LogP contribution in [0.2, 0.25) is 5.02 Å². The van der Waals surface area contributed by atoms with Crippen LogP contribution in [0.3, 0.4) is 0 Å². The molecule has 0 saturated carbocycles. The molecule has 0 aliphatic carbocycles. The van der Waals surface area contributed by atoms with Gasteiger partial charge in [-0.1, -0.05) is 35.9 Å². The number of thioether (sulfide) groups is 1. The number of rotatable bonds is 5. The van der Waals surface area contributed by atoms with Gasteiger partial charge in [-0.05, 0) is 84.9 Å². The van der Waals surface area contributed by atoms with E-state index >= 15 is 4.39 Å². The molecule has 35 heavy (non-hydrogen) atoms. The Hall–Kier alpha value is -2.41. The number of likely N-dealkylation sites (tertiary alicyclic amines) is 1. The number of nitrogens with zero attached hydrogens (tertiary/aromatic N) is 1. The zero-order valence-corrected chi connectivity index (χ0v) is 20.9. The van der Waals surface area contributed by atoms with E-state index in [2.05, 4.69) is 11.4 Å². The lowest BCUT2D eigenvalue weighted by molar-refractivity contribution is 0.0786. The molecular formula is C28H27ClF2N2OS. The summed E-state index contributed by atoms with van der Waals surface area (Å²) in [4.78, 5) is 15.8. The van der Waals surface area contributed by atoms with Crippen molar-refractivity contribution in [3.05, 3.63) is 99.1 Å². The lowest BCUT2D eigenvalue weighted by Gasteiger charge is -2.18. The summed E-state index contributed by atoms with van der Waals surface area (Å²) < 4.78 is 28.2. The molecule has 0 radical (unpaired) electrons. The second-order valence-electron chi connectivity index (χ2n) is 9.16. The number of fused-ring (bicyclic) bond motifs is 1. The van der Waals surface area contributed by atoms with Gasteiger partial charge < -0.3 is 10.2 Å². The van der Waals surface area contributed by atoms with Gasteiger partial charge in [0.1, 0.15) is 11.6 Å². The molecule has 0 aromatic heterocycles. The second-order valence-corrected chi connectivity index (χ2v) is 10.5. The van der Waals surface area contributed by atoms with Crippen LogP contribution < -0.4 is 5.32 Å². The summed E-state index contributed by atoms with van der Waals surface area (Å²) in [6, 6.07) is 15.3. The van der Waals surface area contributed by atoms with Crippen LogP contribution in [0.4, 0.5) is 8.78 Å². The first-order valence-corrected chi connectivity index (χ1v) is 13.3. The third-order valence-electron chi connectivity index (χ3n) is 6.90. The smallest absolute Gasteiger partial charge is 0.256 e. The van der Waals surface area contributed by atoms with Gasteiger partial charge in [-0.15, -0.1) is 11.8 Å².